The summed E-state index contributed by atoms with van der Waals surface area (Å²) in [7, 11) is 0. The van der Waals surface area contributed by atoms with Gasteiger partial charge in [0.15, 0.2) is 0 Å². The van der Waals surface area contributed by atoms with Gasteiger partial charge >= 0.3 is 6.18 Å². The van der Waals surface area contributed by atoms with Crippen LogP contribution in [0, 0.1) is 0 Å². The third-order valence-corrected chi connectivity index (χ3v) is 6.22. The van der Waals surface area contributed by atoms with Crippen molar-refractivity contribution in [2.45, 2.75) is 11.6 Å². The number of rotatable bonds is 5. The highest BCUT2D eigenvalue weighted by atomic mass is 32.2. The van der Waals surface area contributed by atoms with Crippen LogP contribution < -0.4 is 10.2 Å². The molecule has 1 aliphatic heterocycles. The fourth-order valence-corrected chi connectivity index (χ4v) is 4.62. The van der Waals surface area contributed by atoms with Crippen LogP contribution in [-0.2, 0) is 15.8 Å². The third kappa shape index (κ3) is 5.46. The molecule has 1 aliphatic rings. The predicted octanol–water partition coefficient (Wildman–Crippen LogP) is 6.14. The van der Waals surface area contributed by atoms with Crippen molar-refractivity contribution in [2.24, 2.45) is 0 Å². The van der Waals surface area contributed by atoms with Crippen molar-refractivity contribution >= 4 is 41.0 Å². The van der Waals surface area contributed by atoms with E-state index in [-0.39, 0.29) is 17.6 Å². The Bertz CT molecular complexity index is 1180. The van der Waals surface area contributed by atoms with Gasteiger partial charge in [0, 0.05) is 17.5 Å². The molecule has 1 heterocycles. The fraction of sp³-hybridized carbons (Fsp3) is 0.120. The average molecular weight is 469 g/mol. The van der Waals surface area contributed by atoms with Crippen LogP contribution >= 0.6 is 11.8 Å². The van der Waals surface area contributed by atoms with Crippen molar-refractivity contribution in [3.8, 4) is 0 Å². The number of amides is 2. The lowest BCUT2D eigenvalue weighted by molar-refractivity contribution is -0.137. The van der Waals surface area contributed by atoms with E-state index in [2.05, 4.69) is 5.32 Å². The van der Waals surface area contributed by atoms with E-state index in [4.69, 9.17) is 0 Å². The second kappa shape index (κ2) is 9.54. The average Bonchev–Trinajstić information content (AvgIpc) is 3.19. The van der Waals surface area contributed by atoms with Crippen molar-refractivity contribution in [3.63, 3.8) is 0 Å². The summed E-state index contributed by atoms with van der Waals surface area (Å²) >= 11 is 1.38. The SMILES string of the molecule is O=C(/C=C/c1ccccc1)Nc1cccc([C@@H]2SCC(=O)N2c2ccc(C(F)(F)F)cc2)c1. The van der Waals surface area contributed by atoms with E-state index in [9.17, 15) is 22.8 Å². The lowest BCUT2D eigenvalue weighted by Crippen LogP contribution is -2.28. The van der Waals surface area contributed by atoms with Crippen molar-refractivity contribution < 1.29 is 22.8 Å². The summed E-state index contributed by atoms with van der Waals surface area (Å²) in [5.41, 5.74) is 1.84. The predicted molar refractivity (Wildman–Crippen MR) is 125 cm³/mol. The van der Waals surface area contributed by atoms with Gasteiger partial charge in [0.2, 0.25) is 11.8 Å². The molecule has 4 rings (SSSR count). The minimum atomic E-state index is -4.44. The monoisotopic (exact) mass is 468 g/mol. The highest BCUT2D eigenvalue weighted by Gasteiger charge is 2.35. The molecule has 0 unspecified atom stereocenters. The summed E-state index contributed by atoms with van der Waals surface area (Å²) < 4.78 is 38.7. The normalized spacial score (nSPS) is 16.4. The maximum Gasteiger partial charge on any atom is 0.416 e. The van der Waals surface area contributed by atoms with Gasteiger partial charge in [0.05, 0.1) is 11.3 Å². The standard InChI is InChI=1S/C25H19F3N2O2S/c26-25(27,28)19-10-12-21(13-11-19)30-23(32)16-33-24(30)18-7-4-8-20(15-18)29-22(31)14-9-17-5-2-1-3-6-17/h1-15,24H,16H2,(H,29,31)/b14-9+/t24-/m0/s1. The largest absolute Gasteiger partial charge is 0.416 e. The van der Waals surface area contributed by atoms with Crippen LogP contribution in [0.1, 0.15) is 22.1 Å². The molecule has 1 saturated heterocycles. The molecule has 1 fully saturated rings. The highest BCUT2D eigenvalue weighted by Crippen LogP contribution is 2.43. The van der Waals surface area contributed by atoms with Crippen molar-refractivity contribution in [2.75, 3.05) is 16.0 Å². The zero-order chi connectivity index (χ0) is 23.4. The molecule has 0 aliphatic carbocycles. The Morgan fingerprint density at radius 1 is 1.00 bits per heavy atom. The van der Waals surface area contributed by atoms with Gasteiger partial charge in [-0.05, 0) is 53.6 Å². The zero-order valence-electron chi connectivity index (χ0n) is 17.3. The van der Waals surface area contributed by atoms with Gasteiger partial charge < -0.3 is 5.32 Å². The number of carbonyl (C=O) groups is 2. The van der Waals surface area contributed by atoms with E-state index in [1.807, 2.05) is 36.4 Å². The van der Waals surface area contributed by atoms with Gasteiger partial charge in [0.1, 0.15) is 5.37 Å². The molecule has 2 amide bonds. The molecule has 0 aromatic heterocycles. The number of nitrogens with zero attached hydrogens (tertiary/aromatic N) is 1. The van der Waals surface area contributed by atoms with Crippen molar-refractivity contribution in [1.82, 2.24) is 0 Å². The van der Waals surface area contributed by atoms with Gasteiger partial charge in [0.25, 0.3) is 0 Å². The number of carbonyl (C=O) groups excluding carboxylic acids is 2. The van der Waals surface area contributed by atoms with Crippen LogP contribution in [0.2, 0.25) is 0 Å². The number of alkyl halides is 3. The van der Waals surface area contributed by atoms with Gasteiger partial charge in [-0.1, -0.05) is 42.5 Å². The molecule has 0 saturated carbocycles. The van der Waals surface area contributed by atoms with Crippen LogP contribution in [0.5, 0.6) is 0 Å². The van der Waals surface area contributed by atoms with Crippen LogP contribution in [0.15, 0.2) is 84.9 Å². The van der Waals surface area contributed by atoms with E-state index in [1.54, 1.807) is 24.3 Å². The van der Waals surface area contributed by atoms with Crippen LogP contribution in [0.25, 0.3) is 6.08 Å². The molecule has 0 radical (unpaired) electrons. The number of hydrogen-bond acceptors (Lipinski definition) is 3. The van der Waals surface area contributed by atoms with E-state index >= 15 is 0 Å². The number of hydrogen-bond donors (Lipinski definition) is 1. The number of nitrogens with one attached hydrogen (secondary N) is 1. The number of benzene rings is 3. The van der Waals surface area contributed by atoms with Gasteiger partial charge in [-0.25, -0.2) is 0 Å². The summed E-state index contributed by atoms with van der Waals surface area (Å²) in [6.07, 6.45) is -1.30. The summed E-state index contributed by atoms with van der Waals surface area (Å²) in [6, 6.07) is 21.1. The summed E-state index contributed by atoms with van der Waals surface area (Å²) in [5.74, 6) is -0.280. The Labute approximate surface area is 193 Å². The van der Waals surface area contributed by atoms with E-state index < -0.39 is 17.1 Å². The molecule has 3 aromatic rings. The topological polar surface area (TPSA) is 49.4 Å². The molecule has 0 bridgehead atoms. The molecule has 4 nitrogen and oxygen atoms in total. The number of halogens is 3. The maximum atomic E-state index is 12.9. The second-order valence-corrected chi connectivity index (χ2v) is 8.40. The zero-order valence-corrected chi connectivity index (χ0v) is 18.1. The summed E-state index contributed by atoms with van der Waals surface area (Å²) in [5, 5.41) is 2.39. The first-order valence-corrected chi connectivity index (χ1v) is 11.1. The first-order valence-electron chi connectivity index (χ1n) is 10.1. The minimum absolute atomic E-state index is 0.190. The lowest BCUT2D eigenvalue weighted by Gasteiger charge is -2.25. The molecule has 0 spiro atoms. The smallest absolute Gasteiger partial charge is 0.323 e. The molecular formula is C25H19F3N2O2S. The second-order valence-electron chi connectivity index (χ2n) is 7.33. The maximum absolute atomic E-state index is 12.9. The molecule has 1 N–H and O–H groups in total. The third-order valence-electron chi connectivity index (χ3n) is 5.01. The highest BCUT2D eigenvalue weighted by molar-refractivity contribution is 8.00. The van der Waals surface area contributed by atoms with Crippen LogP contribution in [0.3, 0.4) is 0 Å². The Hall–Kier alpha value is -3.52. The quantitative estimate of drug-likeness (QED) is 0.458. The molecule has 33 heavy (non-hydrogen) atoms. The molecular weight excluding hydrogens is 449 g/mol. The summed E-state index contributed by atoms with van der Waals surface area (Å²) in [6.45, 7) is 0. The van der Waals surface area contributed by atoms with Gasteiger partial charge in [-0.15, -0.1) is 11.8 Å². The fourth-order valence-electron chi connectivity index (χ4n) is 3.45. The summed E-state index contributed by atoms with van der Waals surface area (Å²) in [4.78, 5) is 26.3. The van der Waals surface area contributed by atoms with Gasteiger partial charge in [-0.3, -0.25) is 14.5 Å². The Morgan fingerprint density at radius 2 is 1.73 bits per heavy atom. The molecule has 3 aromatic carbocycles. The Balaban J connectivity index is 1.51. The lowest BCUT2D eigenvalue weighted by atomic mass is 10.1. The van der Waals surface area contributed by atoms with Gasteiger partial charge in [-0.2, -0.15) is 13.2 Å². The number of thioether (sulfide) groups is 1. The van der Waals surface area contributed by atoms with E-state index in [0.717, 1.165) is 23.3 Å². The minimum Gasteiger partial charge on any atom is -0.323 e. The van der Waals surface area contributed by atoms with Crippen molar-refractivity contribution in [3.05, 3.63) is 102 Å². The van der Waals surface area contributed by atoms with E-state index in [1.165, 1.54) is 34.9 Å². The van der Waals surface area contributed by atoms with Crippen molar-refractivity contribution in [1.29, 1.82) is 0 Å². The molecule has 1 atom stereocenters. The Morgan fingerprint density at radius 3 is 2.42 bits per heavy atom. The first kappa shape index (κ1) is 22.7. The molecule has 8 heteroatoms. The Kier molecular flexibility index (Phi) is 6.55. The molecule has 168 valence electrons. The first-order chi connectivity index (χ1) is 15.8. The van der Waals surface area contributed by atoms with Crippen LogP contribution in [-0.4, -0.2) is 17.6 Å². The van der Waals surface area contributed by atoms with Crippen LogP contribution in [0.4, 0.5) is 24.5 Å². The van der Waals surface area contributed by atoms with E-state index in [0.29, 0.717) is 11.4 Å². The number of anilines is 2.